The molecule has 3 aromatic carbocycles. The molecular weight excluding hydrogens is 529 g/mol. The van der Waals surface area contributed by atoms with Crippen molar-refractivity contribution in [3.8, 4) is 22.8 Å². The van der Waals surface area contributed by atoms with Gasteiger partial charge < -0.3 is 9.72 Å². The first-order chi connectivity index (χ1) is 18.8. The van der Waals surface area contributed by atoms with Crippen molar-refractivity contribution >= 4 is 34.8 Å². The van der Waals surface area contributed by atoms with Gasteiger partial charge in [0.1, 0.15) is 5.75 Å². The molecule has 1 amide bonds. The molecule has 0 saturated carbocycles. The number of alkyl halides is 3. The molecule has 0 saturated heterocycles. The third kappa shape index (κ3) is 5.80. The standard InChI is InChI=1S/C27H21F3N6O2S/c1-38-21-11-9-17(10-12-21)25-34-35-26(36(25)20-6-4-5-19(13-20)27(28,29)30)39-16-24(37)33-32-15-18-14-31-23-8-3-2-7-22(18)23/h2-15,31H,16H2,1H3,(H,33,37)/b32-15-. The third-order valence-corrected chi connectivity index (χ3v) is 6.69. The summed E-state index contributed by atoms with van der Waals surface area (Å²) in [4.78, 5) is 15.6. The molecule has 39 heavy (non-hydrogen) atoms. The molecule has 12 heteroatoms. The predicted octanol–water partition coefficient (Wildman–Crippen LogP) is 5.69. The van der Waals surface area contributed by atoms with Gasteiger partial charge in [0.15, 0.2) is 11.0 Å². The number of benzene rings is 3. The van der Waals surface area contributed by atoms with Gasteiger partial charge in [-0.3, -0.25) is 9.36 Å². The van der Waals surface area contributed by atoms with Crippen molar-refractivity contribution in [2.45, 2.75) is 11.3 Å². The molecule has 5 rings (SSSR count). The van der Waals surface area contributed by atoms with Gasteiger partial charge in [-0.1, -0.05) is 36.0 Å². The van der Waals surface area contributed by atoms with Gasteiger partial charge in [0, 0.05) is 28.2 Å². The Balaban J connectivity index is 1.37. The van der Waals surface area contributed by atoms with Crippen molar-refractivity contribution in [2.24, 2.45) is 5.10 Å². The van der Waals surface area contributed by atoms with E-state index >= 15 is 0 Å². The molecule has 0 unspecified atom stereocenters. The highest BCUT2D eigenvalue weighted by Crippen LogP contribution is 2.33. The average Bonchev–Trinajstić information content (AvgIpc) is 3.56. The molecular formula is C27H21F3N6O2S. The summed E-state index contributed by atoms with van der Waals surface area (Å²) in [5.41, 5.74) is 4.24. The Morgan fingerprint density at radius 1 is 1.10 bits per heavy atom. The summed E-state index contributed by atoms with van der Waals surface area (Å²) in [6.45, 7) is 0. The molecule has 5 aromatic rings. The molecule has 0 aliphatic heterocycles. The van der Waals surface area contributed by atoms with Crippen molar-refractivity contribution in [3.63, 3.8) is 0 Å². The van der Waals surface area contributed by atoms with Crippen molar-refractivity contribution < 1.29 is 22.7 Å². The Bertz CT molecular complexity index is 1640. The predicted molar refractivity (Wildman–Crippen MR) is 143 cm³/mol. The molecule has 0 spiro atoms. The normalized spacial score (nSPS) is 11.8. The number of hydrazone groups is 1. The van der Waals surface area contributed by atoms with Crippen molar-refractivity contribution in [1.29, 1.82) is 0 Å². The number of rotatable bonds is 8. The van der Waals surface area contributed by atoms with Crippen LogP contribution in [0.25, 0.3) is 28.0 Å². The van der Waals surface area contributed by atoms with Crippen molar-refractivity contribution in [3.05, 3.63) is 90.1 Å². The lowest BCUT2D eigenvalue weighted by atomic mass is 10.1. The maximum absolute atomic E-state index is 13.4. The van der Waals surface area contributed by atoms with E-state index < -0.39 is 17.6 Å². The highest BCUT2D eigenvalue weighted by molar-refractivity contribution is 7.99. The van der Waals surface area contributed by atoms with Gasteiger partial charge in [-0.05, 0) is 48.5 Å². The van der Waals surface area contributed by atoms with E-state index in [0.717, 1.165) is 40.4 Å². The molecule has 2 N–H and O–H groups in total. The van der Waals surface area contributed by atoms with Gasteiger partial charge in [-0.15, -0.1) is 10.2 Å². The number of carbonyl (C=O) groups excluding carboxylic acids is 1. The van der Waals surface area contributed by atoms with Crippen LogP contribution in [0.15, 0.2) is 89.3 Å². The van der Waals surface area contributed by atoms with Gasteiger partial charge in [0.05, 0.1) is 30.3 Å². The van der Waals surface area contributed by atoms with E-state index in [4.69, 9.17) is 4.74 Å². The number of hydrogen-bond donors (Lipinski definition) is 2. The number of aromatic nitrogens is 4. The summed E-state index contributed by atoms with van der Waals surface area (Å²) >= 11 is 1.03. The number of thioether (sulfide) groups is 1. The number of nitrogens with one attached hydrogen (secondary N) is 2. The number of hydrogen-bond acceptors (Lipinski definition) is 6. The molecule has 8 nitrogen and oxygen atoms in total. The van der Waals surface area contributed by atoms with E-state index in [1.54, 1.807) is 30.5 Å². The minimum atomic E-state index is -4.53. The molecule has 0 fully saturated rings. The van der Waals surface area contributed by atoms with Gasteiger partial charge in [0.2, 0.25) is 0 Å². The number of methoxy groups -OCH3 is 1. The number of carbonyl (C=O) groups is 1. The minimum Gasteiger partial charge on any atom is -0.497 e. The Labute approximate surface area is 224 Å². The van der Waals surface area contributed by atoms with Gasteiger partial charge in [-0.25, -0.2) is 5.43 Å². The number of fused-ring (bicyclic) bond motifs is 1. The van der Waals surface area contributed by atoms with Crippen LogP contribution in [-0.2, 0) is 11.0 Å². The topological polar surface area (TPSA) is 97.2 Å². The van der Waals surface area contributed by atoms with E-state index in [9.17, 15) is 18.0 Å². The Morgan fingerprint density at radius 2 is 1.90 bits per heavy atom. The molecule has 2 aromatic heterocycles. The SMILES string of the molecule is COc1ccc(-c2nnc(SCC(=O)N/N=C\c3c[nH]c4ccccc34)n2-c2cccc(C(F)(F)F)c2)cc1. The number of ether oxygens (including phenoxy) is 1. The highest BCUT2D eigenvalue weighted by atomic mass is 32.2. The lowest BCUT2D eigenvalue weighted by Gasteiger charge is -2.13. The third-order valence-electron chi connectivity index (χ3n) is 5.76. The lowest BCUT2D eigenvalue weighted by molar-refractivity contribution is -0.137. The number of H-pyrrole nitrogens is 1. The Hall–Kier alpha value is -4.58. The van der Waals surface area contributed by atoms with Gasteiger partial charge in [0.25, 0.3) is 5.91 Å². The van der Waals surface area contributed by atoms with E-state index in [2.05, 4.69) is 25.7 Å². The number of amides is 1. The Kier molecular flexibility index (Phi) is 7.37. The fraction of sp³-hybridized carbons (Fsp3) is 0.111. The second-order valence-electron chi connectivity index (χ2n) is 8.29. The summed E-state index contributed by atoms with van der Waals surface area (Å²) in [5, 5.41) is 13.6. The van der Waals surface area contributed by atoms with Crippen LogP contribution in [0.4, 0.5) is 13.2 Å². The van der Waals surface area contributed by atoms with Crippen LogP contribution in [0, 0.1) is 0 Å². The first-order valence-electron chi connectivity index (χ1n) is 11.6. The molecule has 0 aliphatic carbocycles. The van der Waals surface area contributed by atoms with Crippen molar-refractivity contribution in [1.82, 2.24) is 25.2 Å². The van der Waals surface area contributed by atoms with Crippen LogP contribution in [0.2, 0.25) is 0 Å². The molecule has 0 radical (unpaired) electrons. The van der Waals surface area contributed by atoms with Crippen molar-refractivity contribution in [2.75, 3.05) is 12.9 Å². The summed E-state index contributed by atoms with van der Waals surface area (Å²) in [5.74, 6) is 0.423. The molecule has 0 atom stereocenters. The first kappa shape index (κ1) is 26.0. The van der Waals surface area contributed by atoms with Crippen LogP contribution in [0.1, 0.15) is 11.1 Å². The van der Waals surface area contributed by atoms with Crippen LogP contribution in [0.5, 0.6) is 5.75 Å². The maximum atomic E-state index is 13.4. The lowest BCUT2D eigenvalue weighted by Crippen LogP contribution is -2.20. The van der Waals surface area contributed by atoms with Crippen LogP contribution < -0.4 is 10.2 Å². The van der Waals surface area contributed by atoms with Gasteiger partial charge >= 0.3 is 6.18 Å². The largest absolute Gasteiger partial charge is 0.497 e. The summed E-state index contributed by atoms with van der Waals surface area (Å²) in [6, 6.07) is 19.4. The zero-order valence-electron chi connectivity index (χ0n) is 20.4. The number of aromatic amines is 1. The fourth-order valence-electron chi connectivity index (χ4n) is 3.88. The molecule has 198 valence electrons. The Morgan fingerprint density at radius 3 is 2.67 bits per heavy atom. The van der Waals surface area contributed by atoms with Gasteiger partial charge in [-0.2, -0.15) is 18.3 Å². The zero-order chi connectivity index (χ0) is 27.4. The van der Waals surface area contributed by atoms with Crippen LogP contribution in [-0.4, -0.2) is 44.7 Å². The van der Waals surface area contributed by atoms with E-state index in [-0.39, 0.29) is 16.6 Å². The minimum absolute atomic E-state index is 0.0923. The average molecular weight is 551 g/mol. The summed E-state index contributed by atoms with van der Waals surface area (Å²) in [7, 11) is 1.53. The molecule has 0 aliphatic rings. The number of para-hydroxylation sites is 1. The van der Waals surface area contributed by atoms with E-state index in [1.165, 1.54) is 30.0 Å². The summed E-state index contributed by atoms with van der Waals surface area (Å²) in [6.07, 6.45) is -1.21. The van der Waals surface area contributed by atoms with E-state index in [1.807, 2.05) is 24.3 Å². The maximum Gasteiger partial charge on any atom is 0.416 e. The monoisotopic (exact) mass is 550 g/mol. The zero-order valence-corrected chi connectivity index (χ0v) is 21.3. The van der Waals surface area contributed by atoms with Crippen LogP contribution in [0.3, 0.4) is 0 Å². The molecule has 0 bridgehead atoms. The number of halogens is 3. The second kappa shape index (κ2) is 11.0. The van der Waals surface area contributed by atoms with Crippen LogP contribution >= 0.6 is 11.8 Å². The molecule has 2 heterocycles. The summed E-state index contributed by atoms with van der Waals surface area (Å²) < 4.78 is 47.0. The fourth-order valence-corrected chi connectivity index (χ4v) is 4.63. The first-order valence-corrected chi connectivity index (χ1v) is 12.6. The van der Waals surface area contributed by atoms with E-state index in [0.29, 0.717) is 17.1 Å². The quantitative estimate of drug-likeness (QED) is 0.147. The second-order valence-corrected chi connectivity index (χ2v) is 9.23. The smallest absolute Gasteiger partial charge is 0.416 e. The number of nitrogens with zero attached hydrogens (tertiary/aromatic N) is 4. The highest BCUT2D eigenvalue weighted by Gasteiger charge is 2.31.